The summed E-state index contributed by atoms with van der Waals surface area (Å²) in [6.07, 6.45) is 0.343. The Balaban J connectivity index is 1.83. The minimum absolute atomic E-state index is 0.166. The zero-order valence-corrected chi connectivity index (χ0v) is 10.1. The highest BCUT2D eigenvalue weighted by atomic mass is 19.2. The van der Waals surface area contributed by atoms with Crippen molar-refractivity contribution in [3.8, 4) is 5.75 Å². The number of ether oxygens (including phenoxy) is 2. The molecule has 0 radical (unpaired) electrons. The van der Waals surface area contributed by atoms with Crippen LogP contribution in [0.25, 0.3) is 0 Å². The Morgan fingerprint density at radius 3 is 2.89 bits per heavy atom. The summed E-state index contributed by atoms with van der Waals surface area (Å²) < 4.78 is 36.3. The van der Waals surface area contributed by atoms with E-state index in [9.17, 15) is 13.6 Å². The zero-order valence-electron chi connectivity index (χ0n) is 10.1. The van der Waals surface area contributed by atoms with Crippen molar-refractivity contribution < 1.29 is 23.0 Å². The summed E-state index contributed by atoms with van der Waals surface area (Å²) in [5.41, 5.74) is 2.02. The molecular weight excluding hydrogens is 258 g/mol. The maximum Gasteiger partial charge on any atom is 0.263 e. The van der Waals surface area contributed by atoms with Crippen molar-refractivity contribution in [2.24, 2.45) is 5.84 Å². The fourth-order valence-corrected chi connectivity index (χ4v) is 1.87. The largest absolute Gasteiger partial charge is 0.491 e. The van der Waals surface area contributed by atoms with E-state index < -0.39 is 17.7 Å². The third kappa shape index (κ3) is 3.39. The normalized spacial score (nSPS) is 22.3. The van der Waals surface area contributed by atoms with Crippen molar-refractivity contribution in [1.29, 1.82) is 0 Å². The first-order chi connectivity index (χ1) is 9.10. The molecule has 0 spiro atoms. The Labute approximate surface area is 108 Å². The highest BCUT2D eigenvalue weighted by Crippen LogP contribution is 2.22. The van der Waals surface area contributed by atoms with Gasteiger partial charge in [-0.1, -0.05) is 0 Å². The molecule has 3 N–H and O–H groups in total. The Kier molecular flexibility index (Phi) is 4.28. The van der Waals surface area contributed by atoms with Crippen molar-refractivity contribution >= 4 is 5.91 Å². The molecular formula is C12H14F2N2O3. The average Bonchev–Trinajstić information content (AvgIpc) is 2.88. The highest BCUT2D eigenvalue weighted by Gasteiger charge is 2.30. The standard InChI is InChI=1S/C12H14F2N2O3/c13-9-3-1-7(5-10(9)14)18-6-8-2-4-11(19-8)12(17)16-15/h1,3,5,8,11H,2,4,6,15H2,(H,16,17). The fraction of sp³-hybridized carbons (Fsp3) is 0.417. The second-order valence-corrected chi connectivity index (χ2v) is 4.22. The van der Waals surface area contributed by atoms with Gasteiger partial charge in [-0.15, -0.1) is 0 Å². The molecule has 0 saturated carbocycles. The number of hydrogen-bond acceptors (Lipinski definition) is 4. The summed E-state index contributed by atoms with van der Waals surface area (Å²) in [5.74, 6) is 2.95. The van der Waals surface area contributed by atoms with Gasteiger partial charge in [0.15, 0.2) is 11.6 Å². The van der Waals surface area contributed by atoms with Crippen LogP contribution in [-0.2, 0) is 9.53 Å². The van der Waals surface area contributed by atoms with Crippen LogP contribution in [0.2, 0.25) is 0 Å². The number of carbonyl (C=O) groups excluding carboxylic acids is 1. The minimum Gasteiger partial charge on any atom is -0.491 e. The van der Waals surface area contributed by atoms with Gasteiger partial charge in [-0.2, -0.15) is 0 Å². The topological polar surface area (TPSA) is 73.6 Å². The summed E-state index contributed by atoms with van der Waals surface area (Å²) >= 11 is 0. The van der Waals surface area contributed by atoms with Gasteiger partial charge in [-0.05, 0) is 25.0 Å². The summed E-state index contributed by atoms with van der Waals surface area (Å²) in [5, 5.41) is 0. The molecule has 1 aliphatic heterocycles. The molecule has 1 aliphatic rings. The van der Waals surface area contributed by atoms with Crippen molar-refractivity contribution in [2.45, 2.75) is 25.0 Å². The highest BCUT2D eigenvalue weighted by molar-refractivity contribution is 5.80. The van der Waals surface area contributed by atoms with Crippen LogP contribution in [0.4, 0.5) is 8.78 Å². The lowest BCUT2D eigenvalue weighted by Gasteiger charge is -2.13. The summed E-state index contributed by atoms with van der Waals surface area (Å²) in [7, 11) is 0. The van der Waals surface area contributed by atoms with Crippen LogP contribution in [0.5, 0.6) is 5.75 Å². The summed E-state index contributed by atoms with van der Waals surface area (Å²) in [6.45, 7) is 0.166. The van der Waals surface area contributed by atoms with Gasteiger partial charge in [-0.3, -0.25) is 10.2 Å². The number of hydrogen-bond donors (Lipinski definition) is 2. The number of hydrazine groups is 1. The quantitative estimate of drug-likeness (QED) is 0.485. The molecule has 1 saturated heterocycles. The lowest BCUT2D eigenvalue weighted by Crippen LogP contribution is -2.39. The van der Waals surface area contributed by atoms with Gasteiger partial charge >= 0.3 is 0 Å². The lowest BCUT2D eigenvalue weighted by molar-refractivity contribution is -0.132. The first kappa shape index (κ1) is 13.7. The second kappa shape index (κ2) is 5.94. The van der Waals surface area contributed by atoms with E-state index in [-0.39, 0.29) is 24.4 Å². The van der Waals surface area contributed by atoms with E-state index in [4.69, 9.17) is 15.3 Å². The Bertz CT molecular complexity index is 470. The van der Waals surface area contributed by atoms with E-state index in [1.54, 1.807) is 0 Å². The molecule has 2 rings (SSSR count). The Morgan fingerprint density at radius 2 is 2.21 bits per heavy atom. The zero-order chi connectivity index (χ0) is 13.8. The molecule has 0 bridgehead atoms. The van der Waals surface area contributed by atoms with E-state index in [1.165, 1.54) is 6.07 Å². The molecule has 104 valence electrons. The van der Waals surface area contributed by atoms with Crippen LogP contribution in [-0.4, -0.2) is 24.7 Å². The molecule has 1 aromatic carbocycles. The maximum absolute atomic E-state index is 12.9. The van der Waals surface area contributed by atoms with Crippen molar-refractivity contribution in [2.75, 3.05) is 6.61 Å². The molecule has 2 unspecified atom stereocenters. The predicted molar refractivity (Wildman–Crippen MR) is 62.1 cm³/mol. The van der Waals surface area contributed by atoms with Crippen LogP contribution in [0.1, 0.15) is 12.8 Å². The maximum atomic E-state index is 12.9. The molecule has 1 amide bonds. The number of carbonyl (C=O) groups is 1. The van der Waals surface area contributed by atoms with Gasteiger partial charge in [0.1, 0.15) is 18.5 Å². The van der Waals surface area contributed by atoms with E-state index in [0.29, 0.717) is 12.8 Å². The van der Waals surface area contributed by atoms with Gasteiger partial charge in [0, 0.05) is 6.07 Å². The van der Waals surface area contributed by atoms with Crippen LogP contribution in [0, 0.1) is 11.6 Å². The van der Waals surface area contributed by atoms with Crippen molar-refractivity contribution in [3.05, 3.63) is 29.8 Å². The molecule has 0 aliphatic carbocycles. The summed E-state index contributed by atoms with van der Waals surface area (Å²) in [6, 6.07) is 3.29. The van der Waals surface area contributed by atoms with Crippen LogP contribution in [0.15, 0.2) is 18.2 Å². The predicted octanol–water partition coefficient (Wildman–Crippen LogP) is 0.881. The fourth-order valence-electron chi connectivity index (χ4n) is 1.87. The molecule has 7 heteroatoms. The molecule has 1 fully saturated rings. The number of nitrogens with two attached hydrogens (primary N) is 1. The molecule has 0 aromatic heterocycles. The van der Waals surface area contributed by atoms with E-state index in [0.717, 1.165) is 12.1 Å². The second-order valence-electron chi connectivity index (χ2n) is 4.22. The molecule has 19 heavy (non-hydrogen) atoms. The first-order valence-electron chi connectivity index (χ1n) is 5.84. The molecule has 5 nitrogen and oxygen atoms in total. The van der Waals surface area contributed by atoms with Crippen molar-refractivity contribution in [3.63, 3.8) is 0 Å². The van der Waals surface area contributed by atoms with E-state index in [1.807, 2.05) is 5.43 Å². The van der Waals surface area contributed by atoms with Crippen LogP contribution >= 0.6 is 0 Å². The Morgan fingerprint density at radius 1 is 1.42 bits per heavy atom. The molecule has 2 atom stereocenters. The van der Waals surface area contributed by atoms with Gasteiger partial charge in [0.2, 0.25) is 0 Å². The van der Waals surface area contributed by atoms with Gasteiger partial charge in [-0.25, -0.2) is 14.6 Å². The number of rotatable bonds is 4. The number of nitrogens with one attached hydrogen (secondary N) is 1. The van der Waals surface area contributed by atoms with E-state index >= 15 is 0 Å². The number of benzene rings is 1. The lowest BCUT2D eigenvalue weighted by atomic mass is 10.2. The van der Waals surface area contributed by atoms with E-state index in [2.05, 4.69) is 0 Å². The summed E-state index contributed by atoms with van der Waals surface area (Å²) in [4.78, 5) is 11.2. The van der Waals surface area contributed by atoms with Crippen LogP contribution in [0.3, 0.4) is 0 Å². The molecule has 1 heterocycles. The third-order valence-electron chi connectivity index (χ3n) is 2.87. The number of amides is 1. The van der Waals surface area contributed by atoms with Crippen LogP contribution < -0.4 is 16.0 Å². The monoisotopic (exact) mass is 272 g/mol. The molecule has 1 aromatic rings. The average molecular weight is 272 g/mol. The Hall–Kier alpha value is -1.73. The number of halogens is 2. The SMILES string of the molecule is NNC(=O)C1CCC(COc2ccc(F)c(F)c2)O1. The van der Waals surface area contributed by atoms with Gasteiger partial charge in [0.25, 0.3) is 5.91 Å². The van der Waals surface area contributed by atoms with Crippen molar-refractivity contribution in [1.82, 2.24) is 5.43 Å². The smallest absolute Gasteiger partial charge is 0.263 e. The minimum atomic E-state index is -0.967. The third-order valence-corrected chi connectivity index (χ3v) is 2.87. The first-order valence-corrected chi connectivity index (χ1v) is 5.84. The van der Waals surface area contributed by atoms with Gasteiger partial charge < -0.3 is 9.47 Å². The van der Waals surface area contributed by atoms with Gasteiger partial charge in [0.05, 0.1) is 6.10 Å².